The predicted molar refractivity (Wildman–Crippen MR) is 83.0 cm³/mol. The third kappa shape index (κ3) is 2.53. The number of amides is 1. The number of aliphatic carboxylic acids is 1. The molecule has 5 heteroatoms. The maximum absolute atomic E-state index is 12.7. The second-order valence-corrected chi connectivity index (χ2v) is 7.07. The highest BCUT2D eigenvalue weighted by atomic mass is 16.5. The van der Waals surface area contributed by atoms with Crippen molar-refractivity contribution in [1.82, 2.24) is 5.32 Å². The van der Waals surface area contributed by atoms with E-state index in [1.807, 2.05) is 12.1 Å². The van der Waals surface area contributed by atoms with Gasteiger partial charge in [-0.1, -0.05) is 24.3 Å². The average molecular weight is 315 g/mol. The van der Waals surface area contributed by atoms with Gasteiger partial charge in [-0.3, -0.25) is 9.59 Å². The van der Waals surface area contributed by atoms with Crippen molar-refractivity contribution in [3.63, 3.8) is 0 Å². The van der Waals surface area contributed by atoms with E-state index >= 15 is 0 Å². The topological polar surface area (TPSA) is 75.6 Å². The van der Waals surface area contributed by atoms with Crippen LogP contribution in [0.3, 0.4) is 0 Å². The SMILES string of the molecule is O=C(O)CC1(NC(=O)C2C3Cc4ccccc4C32)CCOCC1. The van der Waals surface area contributed by atoms with Gasteiger partial charge in [0.05, 0.1) is 12.0 Å². The number of carboxylic acid groups (broad SMARTS) is 1. The fourth-order valence-corrected chi connectivity index (χ4v) is 4.45. The smallest absolute Gasteiger partial charge is 0.305 e. The lowest BCUT2D eigenvalue weighted by Crippen LogP contribution is -2.54. The maximum atomic E-state index is 12.7. The normalized spacial score (nSPS) is 30.2. The Morgan fingerprint density at radius 3 is 2.74 bits per heavy atom. The first kappa shape index (κ1) is 14.7. The maximum Gasteiger partial charge on any atom is 0.305 e. The van der Waals surface area contributed by atoms with Gasteiger partial charge >= 0.3 is 5.97 Å². The van der Waals surface area contributed by atoms with Crippen molar-refractivity contribution in [2.45, 2.75) is 37.1 Å². The molecule has 1 aromatic rings. The minimum Gasteiger partial charge on any atom is -0.481 e. The molecule has 0 bridgehead atoms. The van der Waals surface area contributed by atoms with Crippen LogP contribution in [0.1, 0.15) is 36.3 Å². The summed E-state index contributed by atoms with van der Waals surface area (Å²) in [5, 5.41) is 12.3. The zero-order valence-corrected chi connectivity index (χ0v) is 13.0. The lowest BCUT2D eigenvalue weighted by atomic mass is 9.86. The van der Waals surface area contributed by atoms with E-state index in [4.69, 9.17) is 4.74 Å². The van der Waals surface area contributed by atoms with Crippen molar-refractivity contribution < 1.29 is 19.4 Å². The van der Waals surface area contributed by atoms with E-state index in [1.165, 1.54) is 11.1 Å². The van der Waals surface area contributed by atoms with Gasteiger partial charge in [-0.25, -0.2) is 0 Å². The number of rotatable bonds is 4. The second-order valence-electron chi connectivity index (χ2n) is 7.07. The van der Waals surface area contributed by atoms with Gasteiger partial charge in [0.25, 0.3) is 0 Å². The molecule has 2 N–H and O–H groups in total. The highest BCUT2D eigenvalue weighted by Crippen LogP contribution is 2.61. The molecular weight excluding hydrogens is 294 g/mol. The average Bonchev–Trinajstić information content (AvgIpc) is 3.10. The van der Waals surface area contributed by atoms with Crippen molar-refractivity contribution >= 4 is 11.9 Å². The van der Waals surface area contributed by atoms with E-state index in [0.717, 1.165) is 6.42 Å². The van der Waals surface area contributed by atoms with E-state index in [2.05, 4.69) is 17.4 Å². The van der Waals surface area contributed by atoms with Gasteiger partial charge in [0.2, 0.25) is 5.91 Å². The first-order valence-electron chi connectivity index (χ1n) is 8.29. The Morgan fingerprint density at radius 1 is 1.26 bits per heavy atom. The van der Waals surface area contributed by atoms with Crippen molar-refractivity contribution in [2.24, 2.45) is 11.8 Å². The van der Waals surface area contributed by atoms with Crippen molar-refractivity contribution in [3.05, 3.63) is 35.4 Å². The van der Waals surface area contributed by atoms with E-state index in [1.54, 1.807) is 0 Å². The summed E-state index contributed by atoms with van der Waals surface area (Å²) < 4.78 is 5.34. The number of hydrogen-bond acceptors (Lipinski definition) is 3. The molecule has 4 rings (SSSR count). The molecule has 1 saturated heterocycles. The van der Waals surface area contributed by atoms with Gasteiger partial charge in [0.1, 0.15) is 0 Å². The summed E-state index contributed by atoms with van der Waals surface area (Å²) in [6, 6.07) is 8.33. The molecule has 0 aromatic heterocycles. The molecule has 2 aliphatic carbocycles. The third-order valence-electron chi connectivity index (χ3n) is 5.67. The minimum absolute atomic E-state index is 0.0124. The molecule has 0 spiro atoms. The summed E-state index contributed by atoms with van der Waals surface area (Å²) in [5.74, 6) is -0.105. The molecule has 23 heavy (non-hydrogen) atoms. The molecule has 1 aromatic carbocycles. The second kappa shape index (κ2) is 5.34. The monoisotopic (exact) mass is 315 g/mol. The number of ether oxygens (including phenoxy) is 1. The molecule has 0 radical (unpaired) electrons. The van der Waals surface area contributed by atoms with Crippen LogP contribution in [-0.4, -0.2) is 35.7 Å². The Morgan fingerprint density at radius 2 is 2.00 bits per heavy atom. The Bertz CT molecular complexity index is 650. The molecule has 1 amide bonds. The van der Waals surface area contributed by atoms with E-state index < -0.39 is 11.5 Å². The fraction of sp³-hybridized carbons (Fsp3) is 0.556. The van der Waals surface area contributed by atoms with Crippen LogP contribution in [0.4, 0.5) is 0 Å². The fourth-order valence-electron chi connectivity index (χ4n) is 4.45. The minimum atomic E-state index is -0.867. The highest BCUT2D eigenvalue weighted by Gasteiger charge is 2.59. The summed E-state index contributed by atoms with van der Waals surface area (Å²) in [5.41, 5.74) is 2.02. The Labute approximate surface area is 135 Å². The van der Waals surface area contributed by atoms with Gasteiger partial charge in [0, 0.05) is 19.1 Å². The molecule has 3 aliphatic rings. The molecule has 2 fully saturated rings. The lowest BCUT2D eigenvalue weighted by Gasteiger charge is -2.37. The number of carboxylic acids is 1. The highest BCUT2D eigenvalue weighted by molar-refractivity contribution is 5.86. The number of carbonyl (C=O) groups excluding carboxylic acids is 1. The first-order chi connectivity index (χ1) is 11.1. The number of fused-ring (bicyclic) bond motifs is 3. The number of hydrogen-bond donors (Lipinski definition) is 2. The number of nitrogens with one attached hydrogen (secondary N) is 1. The van der Waals surface area contributed by atoms with Gasteiger partial charge < -0.3 is 15.2 Å². The van der Waals surface area contributed by atoms with Crippen LogP contribution in [0.2, 0.25) is 0 Å². The molecule has 1 aliphatic heterocycles. The molecule has 3 unspecified atom stereocenters. The van der Waals surface area contributed by atoms with Crippen LogP contribution in [0.5, 0.6) is 0 Å². The third-order valence-corrected chi connectivity index (χ3v) is 5.67. The van der Waals surface area contributed by atoms with Crippen molar-refractivity contribution in [1.29, 1.82) is 0 Å². The molecule has 1 heterocycles. The van der Waals surface area contributed by atoms with Crippen LogP contribution >= 0.6 is 0 Å². The quantitative estimate of drug-likeness (QED) is 0.887. The molecule has 3 atom stereocenters. The summed E-state index contributed by atoms with van der Waals surface area (Å²) in [6.45, 7) is 1.02. The predicted octanol–water partition coefficient (Wildman–Crippen LogP) is 1.71. The summed E-state index contributed by atoms with van der Waals surface area (Å²) >= 11 is 0. The largest absolute Gasteiger partial charge is 0.481 e. The van der Waals surface area contributed by atoms with E-state index in [9.17, 15) is 14.7 Å². The van der Waals surface area contributed by atoms with Crippen LogP contribution in [0.15, 0.2) is 24.3 Å². The van der Waals surface area contributed by atoms with Crippen molar-refractivity contribution in [3.8, 4) is 0 Å². The Hall–Kier alpha value is -1.88. The van der Waals surface area contributed by atoms with Crippen LogP contribution < -0.4 is 5.32 Å². The van der Waals surface area contributed by atoms with E-state index in [0.29, 0.717) is 37.9 Å². The molecular formula is C18H21NO4. The Kier molecular flexibility index (Phi) is 3.41. The molecule has 122 valence electrons. The first-order valence-corrected chi connectivity index (χ1v) is 8.29. The van der Waals surface area contributed by atoms with Gasteiger partial charge in [-0.2, -0.15) is 0 Å². The van der Waals surface area contributed by atoms with Gasteiger partial charge in [0.15, 0.2) is 0 Å². The molecule has 1 saturated carbocycles. The summed E-state index contributed by atoms with van der Waals surface area (Å²) in [4.78, 5) is 23.9. The number of carbonyl (C=O) groups is 2. The number of benzene rings is 1. The van der Waals surface area contributed by atoms with E-state index in [-0.39, 0.29) is 18.2 Å². The molecule has 5 nitrogen and oxygen atoms in total. The standard InChI is InChI=1S/C18H21NO4/c20-14(21)10-18(5-7-23-8-6-18)19-17(22)16-13-9-11-3-1-2-4-12(11)15(13)16/h1-4,13,15-16H,5-10H2,(H,19,22)(H,20,21). The van der Waals surface area contributed by atoms with Crippen LogP contribution in [0, 0.1) is 11.8 Å². The van der Waals surface area contributed by atoms with Gasteiger partial charge in [-0.05, 0) is 42.2 Å². The zero-order valence-electron chi connectivity index (χ0n) is 13.0. The summed E-state index contributed by atoms with van der Waals surface area (Å²) in [6.07, 6.45) is 2.09. The summed E-state index contributed by atoms with van der Waals surface area (Å²) in [7, 11) is 0. The zero-order chi connectivity index (χ0) is 16.0. The van der Waals surface area contributed by atoms with Gasteiger partial charge in [-0.15, -0.1) is 0 Å². The van der Waals surface area contributed by atoms with Crippen LogP contribution in [0.25, 0.3) is 0 Å². The van der Waals surface area contributed by atoms with Crippen LogP contribution in [-0.2, 0) is 20.7 Å². The Balaban J connectivity index is 1.47. The van der Waals surface area contributed by atoms with Crippen molar-refractivity contribution in [2.75, 3.05) is 13.2 Å². The lowest BCUT2D eigenvalue weighted by molar-refractivity contribution is -0.140.